The first-order valence-electron chi connectivity index (χ1n) is 14.0. The molecule has 2 aliphatic heterocycles. The highest BCUT2D eigenvalue weighted by molar-refractivity contribution is 5.95. The minimum absolute atomic E-state index is 0.0271. The van der Waals surface area contributed by atoms with Crippen molar-refractivity contribution in [3.05, 3.63) is 113 Å². The van der Waals surface area contributed by atoms with E-state index >= 15 is 0 Å². The Morgan fingerprint density at radius 2 is 1.65 bits per heavy atom. The van der Waals surface area contributed by atoms with Crippen molar-refractivity contribution in [1.29, 1.82) is 0 Å². The molecule has 2 aromatic carbocycles. The number of piperidine rings is 1. The van der Waals surface area contributed by atoms with Crippen LogP contribution in [0, 0.1) is 5.82 Å². The molecule has 1 amide bonds. The topological polar surface area (TPSA) is 74.5 Å². The predicted octanol–water partition coefficient (Wildman–Crippen LogP) is 4.91. The average Bonchev–Trinajstić information content (AvgIpc) is 3.67. The van der Waals surface area contributed by atoms with Crippen LogP contribution in [-0.2, 0) is 13.2 Å². The number of carbonyl (C=O) groups is 1. The lowest BCUT2D eigenvalue weighted by Crippen LogP contribution is -2.34. The van der Waals surface area contributed by atoms with Gasteiger partial charge in [0.15, 0.2) is 0 Å². The minimum Gasteiger partial charge on any atom is -0.390 e. The molecule has 1 atom stereocenters. The first-order valence-corrected chi connectivity index (χ1v) is 14.0. The van der Waals surface area contributed by atoms with Gasteiger partial charge < -0.3 is 10.0 Å². The summed E-state index contributed by atoms with van der Waals surface area (Å²) in [7, 11) is 0. The summed E-state index contributed by atoms with van der Waals surface area (Å²) in [4.78, 5) is 22.6. The van der Waals surface area contributed by atoms with Gasteiger partial charge >= 0.3 is 0 Å². The molecule has 2 fully saturated rings. The summed E-state index contributed by atoms with van der Waals surface area (Å²) in [6, 6.07) is 20.6. The second-order valence-corrected chi connectivity index (χ2v) is 10.8. The quantitative estimate of drug-likeness (QED) is 0.361. The van der Waals surface area contributed by atoms with Gasteiger partial charge in [0.1, 0.15) is 5.82 Å². The Bertz CT molecular complexity index is 1430. The van der Waals surface area contributed by atoms with Crippen molar-refractivity contribution in [2.75, 3.05) is 26.2 Å². The van der Waals surface area contributed by atoms with Gasteiger partial charge in [0, 0.05) is 37.7 Å². The minimum atomic E-state index is -0.299. The van der Waals surface area contributed by atoms with Gasteiger partial charge in [-0.1, -0.05) is 36.4 Å². The van der Waals surface area contributed by atoms with Crippen LogP contribution in [0.2, 0.25) is 0 Å². The van der Waals surface area contributed by atoms with Crippen molar-refractivity contribution in [1.82, 2.24) is 24.6 Å². The van der Waals surface area contributed by atoms with Crippen molar-refractivity contribution >= 4 is 5.91 Å². The fraction of sp³-hybridized carbons (Fsp3) is 0.344. The van der Waals surface area contributed by atoms with Gasteiger partial charge in [-0.2, -0.15) is 5.10 Å². The van der Waals surface area contributed by atoms with Gasteiger partial charge in [-0.05, 0) is 73.8 Å². The number of nitrogens with zero attached hydrogens (tertiary/aromatic N) is 5. The third kappa shape index (κ3) is 5.55. The molecule has 1 N–H and O–H groups in total. The maximum atomic E-state index is 13.9. The Balaban J connectivity index is 1.22. The molecule has 2 aromatic heterocycles. The molecule has 0 spiro atoms. The zero-order valence-corrected chi connectivity index (χ0v) is 22.5. The standard InChI is InChI=1S/C32H34FN5O2/c33-27-7-10-29(11-8-27)38-31(25-12-15-36(16-13-25)20-23-6-9-28(22-39)34-18-23)30(19-35-38)32(40)37-17-14-26(21-37)24-4-2-1-3-5-24/h1-11,18-19,25-26,39H,12-17,20-22H2/t26-/m0/s1. The first kappa shape index (κ1) is 26.3. The number of aromatic nitrogens is 3. The molecule has 8 heteroatoms. The van der Waals surface area contributed by atoms with Crippen LogP contribution < -0.4 is 0 Å². The fourth-order valence-electron chi connectivity index (χ4n) is 6.08. The molecular formula is C32H34FN5O2. The largest absolute Gasteiger partial charge is 0.390 e. The Hall–Kier alpha value is -3.88. The molecule has 40 heavy (non-hydrogen) atoms. The van der Waals surface area contributed by atoms with E-state index in [1.165, 1.54) is 17.7 Å². The highest BCUT2D eigenvalue weighted by Crippen LogP contribution is 2.35. The SMILES string of the molecule is O=C(c1cnn(-c2ccc(F)cc2)c1C1CCN(Cc2ccc(CO)nc2)CC1)N1CC[C@H](c2ccccc2)C1. The van der Waals surface area contributed by atoms with Gasteiger partial charge in [0.25, 0.3) is 5.91 Å². The Morgan fingerprint density at radius 3 is 2.35 bits per heavy atom. The van der Waals surface area contributed by atoms with E-state index in [2.05, 4.69) is 39.2 Å². The third-order valence-corrected chi connectivity index (χ3v) is 8.28. The number of amides is 1. The van der Waals surface area contributed by atoms with Crippen molar-refractivity contribution in [3.8, 4) is 5.69 Å². The number of halogens is 1. The first-order chi connectivity index (χ1) is 19.6. The van der Waals surface area contributed by atoms with E-state index in [1.807, 2.05) is 34.0 Å². The summed E-state index contributed by atoms with van der Waals surface area (Å²) in [6.45, 7) is 3.93. The number of aliphatic hydroxyl groups is 1. The molecule has 6 rings (SSSR count). The highest BCUT2D eigenvalue weighted by atomic mass is 19.1. The number of hydrogen-bond acceptors (Lipinski definition) is 5. The molecule has 7 nitrogen and oxygen atoms in total. The van der Waals surface area contributed by atoms with Crippen LogP contribution in [-0.4, -0.2) is 61.8 Å². The van der Waals surface area contributed by atoms with Gasteiger partial charge in [-0.15, -0.1) is 0 Å². The van der Waals surface area contributed by atoms with Crippen LogP contribution >= 0.6 is 0 Å². The summed E-state index contributed by atoms with van der Waals surface area (Å²) < 4.78 is 15.6. The molecule has 2 saturated heterocycles. The molecule has 0 saturated carbocycles. The van der Waals surface area contributed by atoms with Gasteiger partial charge in [-0.25, -0.2) is 9.07 Å². The van der Waals surface area contributed by atoms with Gasteiger partial charge in [0.05, 0.1) is 35.4 Å². The van der Waals surface area contributed by atoms with E-state index in [1.54, 1.807) is 18.3 Å². The Labute approximate surface area is 233 Å². The van der Waals surface area contributed by atoms with Crippen molar-refractivity contribution in [2.45, 2.75) is 44.2 Å². The van der Waals surface area contributed by atoms with Crippen LogP contribution in [0.5, 0.6) is 0 Å². The molecule has 0 unspecified atom stereocenters. The number of carbonyl (C=O) groups excluding carboxylic acids is 1. The molecular weight excluding hydrogens is 505 g/mol. The number of rotatable bonds is 7. The lowest BCUT2D eigenvalue weighted by atomic mass is 9.90. The fourth-order valence-corrected chi connectivity index (χ4v) is 6.08. The smallest absolute Gasteiger partial charge is 0.257 e. The van der Waals surface area contributed by atoms with Crippen molar-refractivity contribution in [3.63, 3.8) is 0 Å². The van der Waals surface area contributed by atoms with Crippen LogP contribution in [0.4, 0.5) is 4.39 Å². The van der Waals surface area contributed by atoms with Crippen LogP contribution in [0.25, 0.3) is 5.69 Å². The summed E-state index contributed by atoms with van der Waals surface area (Å²) in [5.74, 6) is 0.224. The molecule has 206 valence electrons. The molecule has 2 aliphatic rings. The van der Waals surface area contributed by atoms with E-state index < -0.39 is 0 Å². The third-order valence-electron chi connectivity index (χ3n) is 8.28. The maximum Gasteiger partial charge on any atom is 0.257 e. The second-order valence-electron chi connectivity index (χ2n) is 10.8. The molecule has 4 heterocycles. The Kier molecular flexibility index (Phi) is 7.71. The lowest BCUT2D eigenvalue weighted by Gasteiger charge is -2.33. The van der Waals surface area contributed by atoms with Crippen LogP contribution in [0.1, 0.15) is 64.0 Å². The predicted molar refractivity (Wildman–Crippen MR) is 151 cm³/mol. The average molecular weight is 540 g/mol. The number of hydrogen-bond donors (Lipinski definition) is 1. The summed E-state index contributed by atoms with van der Waals surface area (Å²) in [6.07, 6.45) is 6.27. The normalized spacial score (nSPS) is 18.4. The second kappa shape index (κ2) is 11.7. The zero-order valence-electron chi connectivity index (χ0n) is 22.5. The number of aliphatic hydroxyl groups excluding tert-OH is 1. The van der Waals surface area contributed by atoms with Crippen LogP contribution in [0.3, 0.4) is 0 Å². The van der Waals surface area contributed by atoms with Gasteiger partial charge in [-0.3, -0.25) is 14.7 Å². The zero-order chi connectivity index (χ0) is 27.5. The molecule has 0 bridgehead atoms. The molecule has 0 aliphatic carbocycles. The summed E-state index contributed by atoms with van der Waals surface area (Å²) >= 11 is 0. The van der Waals surface area contributed by atoms with E-state index in [4.69, 9.17) is 0 Å². The summed E-state index contributed by atoms with van der Waals surface area (Å²) in [5, 5.41) is 13.9. The monoisotopic (exact) mass is 539 g/mol. The van der Waals surface area contributed by atoms with E-state index in [9.17, 15) is 14.3 Å². The van der Waals surface area contributed by atoms with Gasteiger partial charge in [0.2, 0.25) is 0 Å². The molecule has 4 aromatic rings. The highest BCUT2D eigenvalue weighted by Gasteiger charge is 2.34. The number of pyridine rings is 1. The van der Waals surface area contributed by atoms with Crippen LogP contribution in [0.15, 0.2) is 79.1 Å². The number of likely N-dealkylation sites (tertiary alicyclic amines) is 2. The molecule has 0 radical (unpaired) electrons. The van der Waals surface area contributed by atoms with E-state index in [0.717, 1.165) is 62.4 Å². The summed E-state index contributed by atoms with van der Waals surface area (Å²) in [5.41, 5.74) is 5.39. The number of benzene rings is 2. The maximum absolute atomic E-state index is 13.9. The van der Waals surface area contributed by atoms with Crippen molar-refractivity contribution < 1.29 is 14.3 Å². The van der Waals surface area contributed by atoms with Crippen molar-refractivity contribution in [2.24, 2.45) is 0 Å². The lowest BCUT2D eigenvalue weighted by molar-refractivity contribution is 0.0788. The van der Waals surface area contributed by atoms with E-state index in [0.29, 0.717) is 23.7 Å². The van der Waals surface area contributed by atoms with E-state index in [-0.39, 0.29) is 24.2 Å². The Morgan fingerprint density at radius 1 is 0.900 bits per heavy atom.